The van der Waals surface area contributed by atoms with Crippen LogP contribution in [0.25, 0.3) is 11.6 Å². The largest absolute Gasteiger partial charge is 0.488 e. The van der Waals surface area contributed by atoms with Crippen LogP contribution in [0.1, 0.15) is 22.3 Å². The summed E-state index contributed by atoms with van der Waals surface area (Å²) >= 11 is 0. The minimum atomic E-state index is -0.606. The van der Waals surface area contributed by atoms with Crippen molar-refractivity contribution in [3.63, 3.8) is 0 Å². The summed E-state index contributed by atoms with van der Waals surface area (Å²) in [5.74, 6) is 0.0319. The predicted molar refractivity (Wildman–Crippen MR) is 128 cm³/mol. The molecule has 3 aromatic carbocycles. The minimum absolute atomic E-state index is 0.0754. The van der Waals surface area contributed by atoms with E-state index in [9.17, 15) is 19.6 Å². The number of rotatable bonds is 4. The Morgan fingerprint density at radius 1 is 1.15 bits per heavy atom. The standard InChI is InChI=1S/C26H24FN3O4/c1-29-13-23(25(31)14-29)28-22-9-6-16(11-24(22)30(32)33)10-21-19-5-3-2-4-17(19)15-34-26-12-18(27)7-8-20(21)26/h2-12,23,25,28,31H,13-15H2,1H3/t23?,25-/m0/s1. The van der Waals surface area contributed by atoms with E-state index in [1.54, 1.807) is 18.2 Å². The first-order valence-electron chi connectivity index (χ1n) is 11.0. The molecule has 2 atom stereocenters. The van der Waals surface area contributed by atoms with E-state index in [1.807, 2.05) is 42.3 Å². The van der Waals surface area contributed by atoms with Crippen LogP contribution in [0.4, 0.5) is 15.8 Å². The number of halogens is 1. The summed E-state index contributed by atoms with van der Waals surface area (Å²) in [6.45, 7) is 1.40. The first-order chi connectivity index (χ1) is 16.4. The molecule has 0 aromatic heterocycles. The van der Waals surface area contributed by atoms with Crippen molar-refractivity contribution in [1.82, 2.24) is 4.90 Å². The zero-order valence-corrected chi connectivity index (χ0v) is 18.6. The minimum Gasteiger partial charge on any atom is -0.488 e. The molecule has 0 spiro atoms. The van der Waals surface area contributed by atoms with E-state index >= 15 is 0 Å². The second-order valence-corrected chi connectivity index (χ2v) is 8.72. The third-order valence-corrected chi connectivity index (χ3v) is 6.27. The molecule has 1 saturated heterocycles. The van der Waals surface area contributed by atoms with Gasteiger partial charge in [0.15, 0.2) is 0 Å². The molecule has 1 unspecified atom stereocenters. The number of β-amino-alcohol motifs (C(OH)–C–C–N with tert-alkyl or cyclic N) is 1. The maximum Gasteiger partial charge on any atom is 0.292 e. The number of aliphatic hydroxyl groups is 1. The van der Waals surface area contributed by atoms with Crippen molar-refractivity contribution >= 4 is 23.0 Å². The van der Waals surface area contributed by atoms with Gasteiger partial charge in [-0.25, -0.2) is 4.39 Å². The number of benzene rings is 3. The van der Waals surface area contributed by atoms with Gasteiger partial charge in [0.1, 0.15) is 23.9 Å². The third-order valence-electron chi connectivity index (χ3n) is 6.27. The van der Waals surface area contributed by atoms with Crippen molar-refractivity contribution in [2.45, 2.75) is 18.8 Å². The number of nitrogens with zero attached hydrogens (tertiary/aromatic N) is 2. The average Bonchev–Trinajstić information content (AvgIpc) is 3.05. The molecule has 0 saturated carbocycles. The Kier molecular flexibility index (Phi) is 5.77. The number of nitro benzene ring substituents is 1. The van der Waals surface area contributed by atoms with E-state index in [-0.39, 0.29) is 11.7 Å². The molecule has 0 aliphatic carbocycles. The smallest absolute Gasteiger partial charge is 0.292 e. The van der Waals surface area contributed by atoms with Crippen molar-refractivity contribution in [2.75, 3.05) is 25.5 Å². The fourth-order valence-corrected chi connectivity index (χ4v) is 4.60. The molecule has 2 aliphatic rings. The van der Waals surface area contributed by atoms with Crippen LogP contribution in [0.3, 0.4) is 0 Å². The van der Waals surface area contributed by atoms with E-state index in [0.29, 0.717) is 42.3 Å². The first-order valence-corrected chi connectivity index (χ1v) is 11.0. The fourth-order valence-electron chi connectivity index (χ4n) is 4.60. The van der Waals surface area contributed by atoms with Crippen molar-refractivity contribution in [2.24, 2.45) is 0 Å². The zero-order valence-electron chi connectivity index (χ0n) is 18.6. The zero-order chi connectivity index (χ0) is 23.8. The normalized spacial score (nSPS) is 20.9. The van der Waals surface area contributed by atoms with Crippen LogP contribution in [0.5, 0.6) is 5.75 Å². The number of anilines is 1. The third kappa shape index (κ3) is 4.25. The topological polar surface area (TPSA) is 87.9 Å². The van der Waals surface area contributed by atoms with Crippen LogP contribution in [0.2, 0.25) is 0 Å². The number of hydrogen-bond acceptors (Lipinski definition) is 6. The number of likely N-dealkylation sites (tertiary alicyclic amines) is 1. The summed E-state index contributed by atoms with van der Waals surface area (Å²) < 4.78 is 19.8. The molecule has 8 heteroatoms. The van der Waals surface area contributed by atoms with E-state index in [1.165, 1.54) is 18.2 Å². The van der Waals surface area contributed by atoms with Crippen molar-refractivity contribution in [3.05, 3.63) is 98.8 Å². The van der Waals surface area contributed by atoms with Gasteiger partial charge in [-0.1, -0.05) is 30.3 Å². The molecule has 2 heterocycles. The Bertz CT molecular complexity index is 1290. The maximum absolute atomic E-state index is 13.9. The molecule has 0 radical (unpaired) electrons. The van der Waals surface area contributed by atoms with Gasteiger partial charge >= 0.3 is 0 Å². The molecular weight excluding hydrogens is 437 g/mol. The van der Waals surface area contributed by atoms with Crippen LogP contribution in [0, 0.1) is 15.9 Å². The highest BCUT2D eigenvalue weighted by Gasteiger charge is 2.30. The first kappa shape index (κ1) is 22.1. The van der Waals surface area contributed by atoms with Crippen LogP contribution in [-0.2, 0) is 6.61 Å². The monoisotopic (exact) mass is 461 g/mol. The number of ether oxygens (including phenoxy) is 1. The molecule has 3 aromatic rings. The van der Waals surface area contributed by atoms with Gasteiger partial charge in [0.2, 0.25) is 0 Å². The Balaban J connectivity index is 1.58. The average molecular weight is 461 g/mol. The summed E-state index contributed by atoms with van der Waals surface area (Å²) in [5.41, 5.74) is 4.29. The van der Waals surface area contributed by atoms with Crippen LogP contribution >= 0.6 is 0 Å². The van der Waals surface area contributed by atoms with Crippen molar-refractivity contribution < 1.29 is 19.2 Å². The summed E-state index contributed by atoms with van der Waals surface area (Å²) in [5, 5.41) is 25.3. The molecule has 2 aliphatic heterocycles. The summed E-state index contributed by atoms with van der Waals surface area (Å²) in [6.07, 6.45) is 1.25. The molecule has 0 bridgehead atoms. The molecule has 34 heavy (non-hydrogen) atoms. The van der Waals surface area contributed by atoms with Crippen LogP contribution in [-0.4, -0.2) is 47.2 Å². The van der Waals surface area contributed by atoms with Crippen molar-refractivity contribution in [1.29, 1.82) is 0 Å². The number of hydrogen-bond donors (Lipinski definition) is 2. The molecule has 7 nitrogen and oxygen atoms in total. The van der Waals surface area contributed by atoms with Crippen molar-refractivity contribution in [3.8, 4) is 5.75 Å². The van der Waals surface area contributed by atoms with Crippen LogP contribution in [0.15, 0.2) is 60.7 Å². The highest BCUT2D eigenvalue weighted by atomic mass is 19.1. The number of aliphatic hydroxyl groups excluding tert-OH is 1. The Morgan fingerprint density at radius 3 is 2.74 bits per heavy atom. The summed E-state index contributed by atoms with van der Waals surface area (Å²) in [6, 6.07) is 16.8. The number of nitrogens with one attached hydrogen (secondary N) is 1. The molecular formula is C26H24FN3O4. The number of nitro groups is 1. The van der Waals surface area contributed by atoms with Gasteiger partial charge in [-0.3, -0.25) is 10.1 Å². The quantitative estimate of drug-likeness (QED) is 0.445. The molecule has 5 rings (SSSR count). The predicted octanol–water partition coefficient (Wildman–Crippen LogP) is 4.30. The lowest BCUT2D eigenvalue weighted by molar-refractivity contribution is -0.384. The lowest BCUT2D eigenvalue weighted by Crippen LogP contribution is -2.32. The van der Waals surface area contributed by atoms with E-state index < -0.39 is 16.8 Å². The lowest BCUT2D eigenvalue weighted by Gasteiger charge is -2.17. The van der Waals surface area contributed by atoms with Gasteiger partial charge < -0.3 is 20.1 Å². The van der Waals surface area contributed by atoms with Gasteiger partial charge in [-0.05, 0) is 53.6 Å². The Morgan fingerprint density at radius 2 is 1.97 bits per heavy atom. The molecule has 2 N–H and O–H groups in total. The highest BCUT2D eigenvalue weighted by Crippen LogP contribution is 2.39. The van der Waals surface area contributed by atoms with Gasteiger partial charge in [-0.2, -0.15) is 0 Å². The second-order valence-electron chi connectivity index (χ2n) is 8.72. The van der Waals surface area contributed by atoms with E-state index in [0.717, 1.165) is 16.7 Å². The summed E-state index contributed by atoms with van der Waals surface area (Å²) in [7, 11) is 1.90. The Hall–Kier alpha value is -3.75. The number of likely N-dealkylation sites (N-methyl/N-ethyl adjacent to an activating group) is 1. The van der Waals surface area contributed by atoms with Crippen LogP contribution < -0.4 is 10.1 Å². The molecule has 0 amide bonds. The number of fused-ring (bicyclic) bond motifs is 2. The molecule has 1 fully saturated rings. The van der Waals surface area contributed by atoms with Gasteiger partial charge in [-0.15, -0.1) is 0 Å². The molecule has 174 valence electrons. The van der Waals surface area contributed by atoms with E-state index in [2.05, 4.69) is 5.32 Å². The Labute approximate surface area is 196 Å². The van der Waals surface area contributed by atoms with E-state index in [4.69, 9.17) is 4.74 Å². The summed E-state index contributed by atoms with van der Waals surface area (Å²) in [4.78, 5) is 13.4. The maximum atomic E-state index is 13.9. The second kappa shape index (κ2) is 8.89. The van der Waals surface area contributed by atoms with Gasteiger partial charge in [0.25, 0.3) is 5.69 Å². The SMILES string of the molecule is CN1CC(Nc2ccc(C=C3c4ccccc4COc4cc(F)ccc43)cc2[N+](=O)[O-])[C@@H](O)C1. The highest BCUT2D eigenvalue weighted by molar-refractivity contribution is 5.95. The van der Waals surface area contributed by atoms with Gasteiger partial charge in [0, 0.05) is 30.8 Å². The fraction of sp³-hybridized carbons (Fsp3) is 0.231. The van der Waals surface area contributed by atoms with Gasteiger partial charge in [0.05, 0.1) is 17.1 Å². The lowest BCUT2D eigenvalue weighted by atomic mass is 9.92.